The standard InChI is InChI=1S/C21H26N2O3/c24-21(22-18-8-4-3-5-9-18)26-20-12-10-19(11-13-20)25-17-16-23-14-6-1-2-7-15-23/h3-5,8-13H,1-2,6-7,14-17H2,(H,22,24). The zero-order valence-corrected chi connectivity index (χ0v) is 15.0. The van der Waals surface area contributed by atoms with E-state index in [4.69, 9.17) is 9.47 Å². The van der Waals surface area contributed by atoms with Gasteiger partial charge in [0.15, 0.2) is 0 Å². The van der Waals surface area contributed by atoms with Gasteiger partial charge in [0.1, 0.15) is 18.1 Å². The largest absolute Gasteiger partial charge is 0.492 e. The number of nitrogens with zero attached hydrogens (tertiary/aromatic N) is 1. The van der Waals surface area contributed by atoms with Crippen LogP contribution in [0.2, 0.25) is 0 Å². The van der Waals surface area contributed by atoms with E-state index in [-0.39, 0.29) is 0 Å². The smallest absolute Gasteiger partial charge is 0.417 e. The molecule has 1 aliphatic rings. The van der Waals surface area contributed by atoms with Crippen LogP contribution in [0.5, 0.6) is 11.5 Å². The van der Waals surface area contributed by atoms with Crippen molar-refractivity contribution in [2.24, 2.45) is 0 Å². The monoisotopic (exact) mass is 354 g/mol. The average Bonchev–Trinajstić information content (AvgIpc) is 2.93. The van der Waals surface area contributed by atoms with Gasteiger partial charge in [-0.2, -0.15) is 0 Å². The van der Waals surface area contributed by atoms with E-state index >= 15 is 0 Å². The number of amides is 1. The van der Waals surface area contributed by atoms with E-state index in [9.17, 15) is 4.79 Å². The summed E-state index contributed by atoms with van der Waals surface area (Å²) in [5.74, 6) is 1.27. The second-order valence-corrected chi connectivity index (χ2v) is 6.46. The molecule has 2 aromatic rings. The van der Waals surface area contributed by atoms with Crippen molar-refractivity contribution in [3.8, 4) is 11.5 Å². The van der Waals surface area contributed by atoms with Crippen molar-refractivity contribution >= 4 is 11.8 Å². The Bertz CT molecular complexity index is 665. The molecule has 0 aliphatic carbocycles. The lowest BCUT2D eigenvalue weighted by Crippen LogP contribution is -2.29. The third-order valence-electron chi connectivity index (χ3n) is 4.43. The summed E-state index contributed by atoms with van der Waals surface area (Å²) in [6.07, 6.45) is 4.76. The van der Waals surface area contributed by atoms with Crippen LogP contribution in [0, 0.1) is 0 Å². The highest BCUT2D eigenvalue weighted by atomic mass is 16.6. The number of anilines is 1. The van der Waals surface area contributed by atoms with Crippen LogP contribution in [0.1, 0.15) is 25.7 Å². The van der Waals surface area contributed by atoms with E-state index in [1.54, 1.807) is 12.1 Å². The van der Waals surface area contributed by atoms with Gasteiger partial charge in [0, 0.05) is 12.2 Å². The molecule has 0 atom stereocenters. The number of hydrogen-bond donors (Lipinski definition) is 1. The predicted molar refractivity (Wildman–Crippen MR) is 103 cm³/mol. The van der Waals surface area contributed by atoms with Crippen LogP contribution in [-0.4, -0.2) is 37.2 Å². The van der Waals surface area contributed by atoms with E-state index in [2.05, 4.69) is 10.2 Å². The van der Waals surface area contributed by atoms with Crippen molar-refractivity contribution in [3.63, 3.8) is 0 Å². The normalized spacial score (nSPS) is 15.1. The van der Waals surface area contributed by atoms with Crippen molar-refractivity contribution in [3.05, 3.63) is 54.6 Å². The van der Waals surface area contributed by atoms with Gasteiger partial charge in [0.25, 0.3) is 0 Å². The van der Waals surface area contributed by atoms with Gasteiger partial charge in [-0.05, 0) is 62.3 Å². The zero-order chi connectivity index (χ0) is 18.0. The van der Waals surface area contributed by atoms with Crippen LogP contribution in [-0.2, 0) is 0 Å². The molecule has 5 heteroatoms. The third-order valence-corrected chi connectivity index (χ3v) is 4.43. The fraction of sp³-hybridized carbons (Fsp3) is 0.381. The van der Waals surface area contributed by atoms with Crippen molar-refractivity contribution in [2.45, 2.75) is 25.7 Å². The Kier molecular flexibility index (Phi) is 6.90. The zero-order valence-electron chi connectivity index (χ0n) is 15.0. The lowest BCUT2D eigenvalue weighted by molar-refractivity contribution is 0.212. The van der Waals surface area contributed by atoms with Crippen LogP contribution < -0.4 is 14.8 Å². The molecule has 0 radical (unpaired) electrons. The summed E-state index contributed by atoms with van der Waals surface area (Å²) in [5.41, 5.74) is 0.700. The molecule has 0 unspecified atom stereocenters. The molecule has 0 bridgehead atoms. The molecule has 1 N–H and O–H groups in total. The van der Waals surface area contributed by atoms with E-state index in [1.165, 1.54) is 38.8 Å². The van der Waals surface area contributed by atoms with E-state index in [1.807, 2.05) is 42.5 Å². The summed E-state index contributed by atoms with van der Waals surface area (Å²) in [6, 6.07) is 16.4. The Labute approximate surface area is 154 Å². The van der Waals surface area contributed by atoms with Gasteiger partial charge in [0.05, 0.1) is 0 Å². The number of carbonyl (C=O) groups excluding carboxylic acids is 1. The fourth-order valence-electron chi connectivity index (χ4n) is 3.03. The summed E-state index contributed by atoms with van der Waals surface area (Å²) in [4.78, 5) is 14.3. The first-order valence-corrected chi connectivity index (χ1v) is 9.29. The number of para-hydroxylation sites is 1. The summed E-state index contributed by atoms with van der Waals surface area (Å²) in [6.45, 7) is 3.98. The van der Waals surface area contributed by atoms with Gasteiger partial charge < -0.3 is 9.47 Å². The molecule has 26 heavy (non-hydrogen) atoms. The van der Waals surface area contributed by atoms with Crippen molar-refractivity contribution in [1.29, 1.82) is 0 Å². The number of likely N-dealkylation sites (tertiary alicyclic amines) is 1. The maximum absolute atomic E-state index is 11.9. The lowest BCUT2D eigenvalue weighted by Gasteiger charge is -2.19. The molecular formula is C21H26N2O3. The molecule has 1 saturated heterocycles. The Morgan fingerprint density at radius 3 is 2.23 bits per heavy atom. The quantitative estimate of drug-likeness (QED) is 0.827. The van der Waals surface area contributed by atoms with Crippen molar-refractivity contribution in [1.82, 2.24) is 4.90 Å². The summed E-state index contributed by atoms with van der Waals surface area (Å²) in [5, 5.41) is 2.68. The maximum Gasteiger partial charge on any atom is 0.417 e. The van der Waals surface area contributed by atoms with Gasteiger partial charge >= 0.3 is 6.09 Å². The van der Waals surface area contributed by atoms with Crippen LogP contribution >= 0.6 is 0 Å². The maximum atomic E-state index is 11.9. The van der Waals surface area contributed by atoms with Crippen LogP contribution in [0.15, 0.2) is 54.6 Å². The molecule has 3 rings (SSSR count). The third kappa shape index (κ3) is 6.08. The van der Waals surface area contributed by atoms with Gasteiger partial charge in [-0.25, -0.2) is 4.79 Å². The Hall–Kier alpha value is -2.53. The Morgan fingerprint density at radius 2 is 1.54 bits per heavy atom. The molecule has 1 fully saturated rings. The van der Waals surface area contributed by atoms with E-state index < -0.39 is 6.09 Å². The van der Waals surface area contributed by atoms with Crippen molar-refractivity contribution < 1.29 is 14.3 Å². The molecule has 5 nitrogen and oxygen atoms in total. The van der Waals surface area contributed by atoms with Gasteiger partial charge in [-0.15, -0.1) is 0 Å². The topological polar surface area (TPSA) is 50.8 Å². The highest BCUT2D eigenvalue weighted by molar-refractivity contribution is 5.86. The number of benzene rings is 2. The van der Waals surface area contributed by atoms with Gasteiger partial charge in [0.2, 0.25) is 0 Å². The van der Waals surface area contributed by atoms with Crippen LogP contribution in [0.25, 0.3) is 0 Å². The molecule has 1 amide bonds. The minimum atomic E-state index is -0.508. The van der Waals surface area contributed by atoms with Crippen LogP contribution in [0.4, 0.5) is 10.5 Å². The first-order chi connectivity index (χ1) is 12.8. The first kappa shape index (κ1) is 18.3. The number of rotatable bonds is 6. The van der Waals surface area contributed by atoms with Crippen molar-refractivity contribution in [2.75, 3.05) is 31.6 Å². The number of nitrogens with one attached hydrogen (secondary N) is 1. The SMILES string of the molecule is O=C(Nc1ccccc1)Oc1ccc(OCCN2CCCCCC2)cc1. The summed E-state index contributed by atoms with van der Waals surface area (Å²) >= 11 is 0. The average molecular weight is 354 g/mol. The molecule has 1 heterocycles. The molecule has 0 saturated carbocycles. The fourth-order valence-corrected chi connectivity index (χ4v) is 3.03. The summed E-state index contributed by atoms with van der Waals surface area (Å²) in [7, 11) is 0. The highest BCUT2D eigenvalue weighted by Gasteiger charge is 2.09. The van der Waals surface area contributed by atoms with E-state index in [0.29, 0.717) is 18.0 Å². The minimum absolute atomic E-state index is 0.485. The molecule has 0 aromatic heterocycles. The van der Waals surface area contributed by atoms with Crippen LogP contribution in [0.3, 0.4) is 0 Å². The molecule has 2 aromatic carbocycles. The Balaban J connectivity index is 1.40. The lowest BCUT2D eigenvalue weighted by atomic mass is 10.2. The number of carbonyl (C=O) groups is 1. The predicted octanol–water partition coefficient (Wildman–Crippen LogP) is 4.55. The molecule has 1 aliphatic heterocycles. The second-order valence-electron chi connectivity index (χ2n) is 6.46. The second kappa shape index (κ2) is 9.82. The molecular weight excluding hydrogens is 328 g/mol. The summed E-state index contributed by atoms with van der Waals surface area (Å²) < 4.78 is 11.1. The minimum Gasteiger partial charge on any atom is -0.492 e. The first-order valence-electron chi connectivity index (χ1n) is 9.29. The number of ether oxygens (including phenoxy) is 2. The molecule has 0 spiro atoms. The number of hydrogen-bond acceptors (Lipinski definition) is 4. The Morgan fingerprint density at radius 1 is 0.885 bits per heavy atom. The van der Waals surface area contributed by atoms with Gasteiger partial charge in [-0.1, -0.05) is 31.0 Å². The molecule has 138 valence electrons. The van der Waals surface area contributed by atoms with E-state index in [0.717, 1.165) is 12.3 Å². The highest BCUT2D eigenvalue weighted by Crippen LogP contribution is 2.18. The van der Waals surface area contributed by atoms with Gasteiger partial charge in [-0.3, -0.25) is 10.2 Å².